The SMILES string of the molecule is CN(C(=O)OC(C)(C)C)c1cc2cc(Cl)ccc2oc1=O. The van der Waals surface area contributed by atoms with E-state index < -0.39 is 17.3 Å². The van der Waals surface area contributed by atoms with Crippen molar-refractivity contribution in [2.75, 3.05) is 11.9 Å². The number of carbonyl (C=O) groups excluding carboxylic acids is 1. The van der Waals surface area contributed by atoms with Crippen molar-refractivity contribution in [3.05, 3.63) is 39.7 Å². The van der Waals surface area contributed by atoms with Crippen molar-refractivity contribution in [1.82, 2.24) is 0 Å². The van der Waals surface area contributed by atoms with Gasteiger partial charge in [0.25, 0.3) is 0 Å². The van der Waals surface area contributed by atoms with Crippen molar-refractivity contribution in [2.45, 2.75) is 26.4 Å². The molecule has 0 saturated heterocycles. The Hall–Kier alpha value is -2.01. The molecule has 6 heteroatoms. The number of benzene rings is 1. The van der Waals surface area contributed by atoms with Crippen LogP contribution >= 0.6 is 11.6 Å². The van der Waals surface area contributed by atoms with Gasteiger partial charge in [-0.25, -0.2) is 9.59 Å². The van der Waals surface area contributed by atoms with Gasteiger partial charge in [0.05, 0.1) is 0 Å². The van der Waals surface area contributed by atoms with Gasteiger partial charge in [0.1, 0.15) is 16.9 Å². The molecule has 0 unspecified atom stereocenters. The minimum Gasteiger partial charge on any atom is -0.443 e. The number of carbonyl (C=O) groups is 1. The first-order chi connectivity index (χ1) is 9.67. The van der Waals surface area contributed by atoms with E-state index in [2.05, 4.69) is 0 Å². The van der Waals surface area contributed by atoms with E-state index in [4.69, 9.17) is 20.8 Å². The van der Waals surface area contributed by atoms with E-state index in [1.54, 1.807) is 45.0 Å². The molecular weight excluding hydrogens is 294 g/mol. The van der Waals surface area contributed by atoms with E-state index in [0.29, 0.717) is 16.0 Å². The van der Waals surface area contributed by atoms with Crippen LogP contribution in [0.2, 0.25) is 5.02 Å². The first kappa shape index (κ1) is 15.4. The molecule has 0 aliphatic carbocycles. The van der Waals surface area contributed by atoms with Gasteiger partial charge in [-0.05, 0) is 45.0 Å². The predicted molar refractivity (Wildman–Crippen MR) is 82.1 cm³/mol. The molecule has 0 bridgehead atoms. The maximum Gasteiger partial charge on any atom is 0.414 e. The highest BCUT2D eigenvalue weighted by molar-refractivity contribution is 6.31. The average Bonchev–Trinajstić information content (AvgIpc) is 2.35. The Morgan fingerprint density at radius 2 is 1.95 bits per heavy atom. The average molecular weight is 310 g/mol. The quantitative estimate of drug-likeness (QED) is 0.751. The summed E-state index contributed by atoms with van der Waals surface area (Å²) in [5.74, 6) is 0. The largest absolute Gasteiger partial charge is 0.443 e. The minimum atomic E-state index is -0.647. The lowest BCUT2D eigenvalue weighted by atomic mass is 10.2. The second-order valence-electron chi connectivity index (χ2n) is 5.64. The topological polar surface area (TPSA) is 59.8 Å². The third-order valence-corrected chi connectivity index (χ3v) is 2.94. The molecule has 0 fully saturated rings. The number of hydrogen-bond donors (Lipinski definition) is 0. The van der Waals surface area contributed by atoms with Crippen LogP contribution in [0.5, 0.6) is 0 Å². The molecule has 0 N–H and O–H groups in total. The summed E-state index contributed by atoms with van der Waals surface area (Å²) in [7, 11) is 1.46. The van der Waals surface area contributed by atoms with Gasteiger partial charge in [0.15, 0.2) is 0 Å². The Morgan fingerprint density at radius 3 is 2.57 bits per heavy atom. The summed E-state index contributed by atoms with van der Waals surface area (Å²) in [5, 5.41) is 1.15. The number of amides is 1. The smallest absolute Gasteiger partial charge is 0.414 e. The Labute approximate surface area is 127 Å². The van der Waals surface area contributed by atoms with E-state index >= 15 is 0 Å². The van der Waals surface area contributed by atoms with Gasteiger partial charge in [-0.2, -0.15) is 0 Å². The van der Waals surface area contributed by atoms with Crippen molar-refractivity contribution in [2.24, 2.45) is 0 Å². The lowest BCUT2D eigenvalue weighted by molar-refractivity contribution is 0.0588. The number of anilines is 1. The second kappa shape index (κ2) is 5.41. The summed E-state index contributed by atoms with van der Waals surface area (Å²) in [4.78, 5) is 25.1. The monoisotopic (exact) mass is 309 g/mol. The first-order valence-electron chi connectivity index (χ1n) is 6.37. The molecular formula is C15H16ClNO4. The highest BCUT2D eigenvalue weighted by atomic mass is 35.5. The van der Waals surface area contributed by atoms with Crippen LogP contribution in [0.3, 0.4) is 0 Å². The molecule has 1 aromatic carbocycles. The number of hydrogen-bond acceptors (Lipinski definition) is 4. The normalized spacial score (nSPS) is 11.5. The molecule has 0 radical (unpaired) electrons. The summed E-state index contributed by atoms with van der Waals surface area (Å²) < 4.78 is 10.4. The minimum absolute atomic E-state index is 0.0963. The van der Waals surface area contributed by atoms with Gasteiger partial charge in [-0.1, -0.05) is 11.6 Å². The molecule has 1 heterocycles. The first-order valence-corrected chi connectivity index (χ1v) is 6.75. The molecule has 0 saturated carbocycles. The van der Waals surface area contributed by atoms with Crippen LogP contribution in [0.15, 0.2) is 33.5 Å². The Balaban J connectivity index is 2.43. The van der Waals surface area contributed by atoms with Gasteiger partial charge in [-0.15, -0.1) is 0 Å². The van der Waals surface area contributed by atoms with Crippen molar-refractivity contribution in [3.63, 3.8) is 0 Å². The Bertz CT molecular complexity index is 745. The fourth-order valence-corrected chi connectivity index (χ4v) is 1.93. The van der Waals surface area contributed by atoms with Crippen LogP contribution in [0, 0.1) is 0 Å². The van der Waals surface area contributed by atoms with Crippen molar-refractivity contribution in [1.29, 1.82) is 0 Å². The maximum atomic E-state index is 12.0. The molecule has 1 aromatic heterocycles. The molecule has 1 amide bonds. The van der Waals surface area contributed by atoms with Gasteiger partial charge in [-0.3, -0.25) is 4.90 Å². The van der Waals surface area contributed by atoms with E-state index in [0.717, 1.165) is 4.90 Å². The number of halogens is 1. The predicted octanol–water partition coefficient (Wildman–Crippen LogP) is 3.82. The van der Waals surface area contributed by atoms with Crippen LogP contribution in [0.25, 0.3) is 11.0 Å². The zero-order valence-corrected chi connectivity index (χ0v) is 13.0. The van der Waals surface area contributed by atoms with Gasteiger partial charge in [0, 0.05) is 17.5 Å². The summed E-state index contributed by atoms with van der Waals surface area (Å²) >= 11 is 5.92. The molecule has 0 atom stereocenters. The Kier molecular flexibility index (Phi) is 3.96. The fraction of sp³-hybridized carbons (Fsp3) is 0.333. The summed E-state index contributed by atoms with van der Waals surface area (Å²) in [5.41, 5.74) is -0.756. The molecule has 2 rings (SSSR count). The van der Waals surface area contributed by atoms with E-state index in [-0.39, 0.29) is 5.69 Å². The summed E-state index contributed by atoms with van der Waals surface area (Å²) in [6.45, 7) is 5.25. The van der Waals surface area contributed by atoms with Gasteiger partial charge < -0.3 is 9.15 Å². The molecule has 0 aliphatic rings. The van der Waals surface area contributed by atoms with Crippen molar-refractivity contribution >= 4 is 34.4 Å². The van der Waals surface area contributed by atoms with Crippen LogP contribution in [-0.2, 0) is 4.74 Å². The van der Waals surface area contributed by atoms with Crippen LogP contribution in [-0.4, -0.2) is 18.7 Å². The second-order valence-corrected chi connectivity index (χ2v) is 6.08. The summed E-state index contributed by atoms with van der Waals surface area (Å²) in [6, 6.07) is 6.45. The van der Waals surface area contributed by atoms with Gasteiger partial charge in [0.2, 0.25) is 0 Å². The van der Waals surface area contributed by atoms with E-state index in [9.17, 15) is 9.59 Å². The number of fused-ring (bicyclic) bond motifs is 1. The van der Waals surface area contributed by atoms with Gasteiger partial charge >= 0.3 is 11.7 Å². The zero-order chi connectivity index (χ0) is 15.8. The number of ether oxygens (including phenoxy) is 1. The Morgan fingerprint density at radius 1 is 1.29 bits per heavy atom. The van der Waals surface area contributed by atoms with Crippen LogP contribution < -0.4 is 10.5 Å². The third-order valence-electron chi connectivity index (χ3n) is 2.70. The van der Waals surface area contributed by atoms with E-state index in [1.165, 1.54) is 7.05 Å². The number of rotatable bonds is 1. The zero-order valence-electron chi connectivity index (χ0n) is 12.3. The van der Waals surface area contributed by atoms with Crippen LogP contribution in [0.1, 0.15) is 20.8 Å². The maximum absolute atomic E-state index is 12.0. The molecule has 2 aromatic rings. The summed E-state index contributed by atoms with van der Waals surface area (Å²) in [6.07, 6.45) is -0.629. The van der Waals surface area contributed by atoms with Crippen molar-refractivity contribution < 1.29 is 13.9 Å². The molecule has 0 aliphatic heterocycles. The standard InChI is InChI=1S/C15H16ClNO4/c1-15(2,3)21-14(19)17(4)11-8-9-7-10(16)5-6-12(9)20-13(11)18/h5-8H,1-4H3. The molecule has 5 nitrogen and oxygen atoms in total. The lowest BCUT2D eigenvalue weighted by Crippen LogP contribution is -2.36. The lowest BCUT2D eigenvalue weighted by Gasteiger charge is -2.24. The van der Waals surface area contributed by atoms with Crippen LogP contribution in [0.4, 0.5) is 10.5 Å². The van der Waals surface area contributed by atoms with E-state index in [1.807, 2.05) is 0 Å². The fourth-order valence-electron chi connectivity index (χ4n) is 1.75. The highest BCUT2D eigenvalue weighted by Crippen LogP contribution is 2.22. The molecule has 21 heavy (non-hydrogen) atoms. The molecule has 112 valence electrons. The number of nitrogens with zero attached hydrogens (tertiary/aromatic N) is 1. The highest BCUT2D eigenvalue weighted by Gasteiger charge is 2.23. The third kappa shape index (κ3) is 3.55. The van der Waals surface area contributed by atoms with Crippen molar-refractivity contribution in [3.8, 4) is 0 Å². The molecule has 0 spiro atoms.